The van der Waals surface area contributed by atoms with E-state index >= 15 is 0 Å². The van der Waals surface area contributed by atoms with Crippen LogP contribution in [0.25, 0.3) is 6.08 Å². The van der Waals surface area contributed by atoms with Gasteiger partial charge in [-0.25, -0.2) is 17.2 Å². The van der Waals surface area contributed by atoms with Crippen molar-refractivity contribution in [2.45, 2.75) is 4.90 Å². The van der Waals surface area contributed by atoms with Crippen LogP contribution in [0.3, 0.4) is 0 Å². The second kappa shape index (κ2) is 3.47. The molecule has 0 aliphatic rings. The second-order valence-electron chi connectivity index (χ2n) is 2.44. The Morgan fingerprint density at radius 1 is 1.29 bits per heavy atom. The summed E-state index contributed by atoms with van der Waals surface area (Å²) in [5.74, 6) is -3.06. The van der Waals surface area contributed by atoms with Gasteiger partial charge >= 0.3 is 0 Å². The summed E-state index contributed by atoms with van der Waals surface area (Å²) in [5.41, 5.74) is -0.199. The van der Waals surface area contributed by atoms with E-state index in [1.54, 1.807) is 0 Å². The van der Waals surface area contributed by atoms with Gasteiger partial charge in [-0.2, -0.15) is 0 Å². The molecule has 0 spiro atoms. The standard InChI is InChI=1S/C8H6F2O3S/c1-2-5-3-4-6(14(11,12)13)8(10)7(5)9/h2-4H,1H2,(H,11,12,13)/p-1. The largest absolute Gasteiger partial charge is 0.744 e. The van der Waals surface area contributed by atoms with Gasteiger partial charge in [0.05, 0.1) is 4.90 Å². The maximum Gasteiger partial charge on any atom is 0.176 e. The lowest BCUT2D eigenvalue weighted by Gasteiger charge is -2.09. The molecule has 0 heterocycles. The summed E-state index contributed by atoms with van der Waals surface area (Å²) in [4.78, 5) is -1.19. The van der Waals surface area contributed by atoms with Gasteiger partial charge in [0.2, 0.25) is 0 Å². The van der Waals surface area contributed by atoms with Crippen LogP contribution in [0.4, 0.5) is 8.78 Å². The average Bonchev–Trinajstić information content (AvgIpc) is 2.07. The van der Waals surface area contributed by atoms with Crippen LogP contribution in [0.15, 0.2) is 23.6 Å². The summed E-state index contributed by atoms with van der Waals surface area (Å²) >= 11 is 0. The fourth-order valence-corrected chi connectivity index (χ4v) is 1.44. The predicted octanol–water partition coefficient (Wildman–Crippen LogP) is 1.51. The zero-order valence-electron chi connectivity index (χ0n) is 6.83. The summed E-state index contributed by atoms with van der Waals surface area (Å²) in [6.07, 6.45) is 1.01. The van der Waals surface area contributed by atoms with Crippen molar-refractivity contribution in [3.63, 3.8) is 0 Å². The molecule has 0 bridgehead atoms. The van der Waals surface area contributed by atoms with Crippen molar-refractivity contribution in [1.29, 1.82) is 0 Å². The van der Waals surface area contributed by atoms with Crippen LogP contribution in [0.2, 0.25) is 0 Å². The van der Waals surface area contributed by atoms with E-state index in [0.29, 0.717) is 6.07 Å². The Hall–Kier alpha value is -1.27. The van der Waals surface area contributed by atoms with E-state index in [0.717, 1.165) is 12.1 Å². The van der Waals surface area contributed by atoms with Crippen LogP contribution in [0, 0.1) is 11.6 Å². The highest BCUT2D eigenvalue weighted by atomic mass is 32.2. The van der Waals surface area contributed by atoms with Crippen molar-refractivity contribution >= 4 is 16.2 Å². The number of halogens is 2. The first kappa shape index (κ1) is 10.8. The maximum absolute atomic E-state index is 12.9. The third kappa shape index (κ3) is 1.80. The Balaban J connectivity index is 3.54. The molecule has 0 N–H and O–H groups in total. The molecule has 3 nitrogen and oxygen atoms in total. The summed E-state index contributed by atoms with van der Waals surface area (Å²) in [7, 11) is -4.98. The van der Waals surface area contributed by atoms with Gasteiger partial charge in [-0.1, -0.05) is 18.7 Å². The first-order chi connectivity index (χ1) is 6.38. The molecule has 0 unspecified atom stereocenters. The third-order valence-electron chi connectivity index (χ3n) is 1.57. The zero-order valence-corrected chi connectivity index (χ0v) is 7.64. The van der Waals surface area contributed by atoms with Gasteiger partial charge in [-0.3, -0.25) is 0 Å². The van der Waals surface area contributed by atoms with Crippen molar-refractivity contribution in [1.82, 2.24) is 0 Å². The summed E-state index contributed by atoms with van der Waals surface area (Å²) in [5, 5.41) is 0. The molecule has 0 saturated carbocycles. The van der Waals surface area contributed by atoms with Gasteiger partial charge in [-0.05, 0) is 6.07 Å². The normalized spacial score (nSPS) is 11.4. The Bertz CT molecular complexity index is 480. The Kier molecular flexibility index (Phi) is 2.68. The number of benzene rings is 1. The van der Waals surface area contributed by atoms with Crippen LogP contribution < -0.4 is 0 Å². The molecular formula is C8H5F2O3S-. The van der Waals surface area contributed by atoms with Gasteiger partial charge in [-0.15, -0.1) is 0 Å². The fourth-order valence-electron chi connectivity index (χ4n) is 0.897. The van der Waals surface area contributed by atoms with Crippen molar-refractivity contribution in [2.24, 2.45) is 0 Å². The maximum atomic E-state index is 12.9. The molecule has 1 aromatic carbocycles. The van der Waals surface area contributed by atoms with Crippen LogP contribution in [0.1, 0.15) is 5.56 Å². The SMILES string of the molecule is C=Cc1ccc(S(=O)(=O)[O-])c(F)c1F. The van der Waals surface area contributed by atoms with Crippen LogP contribution in [0.5, 0.6) is 0 Å². The lowest BCUT2D eigenvalue weighted by molar-refractivity contribution is 0.441. The molecule has 0 amide bonds. The average molecular weight is 219 g/mol. The molecule has 0 aliphatic carbocycles. The minimum atomic E-state index is -4.98. The van der Waals surface area contributed by atoms with E-state index in [2.05, 4.69) is 6.58 Å². The van der Waals surface area contributed by atoms with E-state index in [1.807, 2.05) is 0 Å². The van der Waals surface area contributed by atoms with E-state index in [-0.39, 0.29) is 5.56 Å². The Morgan fingerprint density at radius 3 is 2.29 bits per heavy atom. The zero-order chi connectivity index (χ0) is 10.9. The molecule has 14 heavy (non-hydrogen) atoms. The van der Waals surface area contributed by atoms with Gasteiger partial charge < -0.3 is 4.55 Å². The summed E-state index contributed by atoms with van der Waals surface area (Å²) in [6.45, 7) is 3.19. The summed E-state index contributed by atoms with van der Waals surface area (Å²) in [6, 6.07) is 1.67. The Morgan fingerprint density at radius 2 is 1.86 bits per heavy atom. The minimum absolute atomic E-state index is 0.199. The highest BCUT2D eigenvalue weighted by Gasteiger charge is 2.15. The number of hydrogen-bond acceptors (Lipinski definition) is 3. The molecule has 0 fully saturated rings. The number of rotatable bonds is 2. The van der Waals surface area contributed by atoms with Crippen molar-refractivity contribution in [2.75, 3.05) is 0 Å². The van der Waals surface area contributed by atoms with Crippen molar-refractivity contribution in [3.05, 3.63) is 35.9 Å². The van der Waals surface area contributed by atoms with Gasteiger partial charge in [0.15, 0.2) is 11.6 Å². The molecule has 0 aliphatic heterocycles. The smallest absolute Gasteiger partial charge is 0.176 e. The van der Waals surface area contributed by atoms with E-state index in [9.17, 15) is 21.8 Å². The molecule has 1 rings (SSSR count). The van der Waals surface area contributed by atoms with Gasteiger partial charge in [0.25, 0.3) is 0 Å². The molecule has 0 saturated heterocycles. The molecule has 0 atom stereocenters. The summed E-state index contributed by atoms with van der Waals surface area (Å²) < 4.78 is 57.1. The van der Waals surface area contributed by atoms with Crippen LogP contribution >= 0.6 is 0 Å². The first-order valence-electron chi connectivity index (χ1n) is 3.44. The molecule has 0 aromatic heterocycles. The van der Waals surface area contributed by atoms with E-state index in [4.69, 9.17) is 0 Å². The lowest BCUT2D eigenvalue weighted by Crippen LogP contribution is -2.04. The monoisotopic (exact) mass is 219 g/mol. The molecule has 76 valence electrons. The number of hydrogen-bond donors (Lipinski definition) is 0. The highest BCUT2D eigenvalue weighted by molar-refractivity contribution is 7.85. The predicted molar refractivity (Wildman–Crippen MR) is 44.4 cm³/mol. The topological polar surface area (TPSA) is 57.2 Å². The van der Waals surface area contributed by atoms with Crippen molar-refractivity contribution < 1.29 is 21.8 Å². The first-order valence-corrected chi connectivity index (χ1v) is 4.85. The molecule has 0 radical (unpaired) electrons. The highest BCUT2D eigenvalue weighted by Crippen LogP contribution is 2.20. The third-order valence-corrected chi connectivity index (χ3v) is 2.42. The fraction of sp³-hybridized carbons (Fsp3) is 0. The second-order valence-corrected chi connectivity index (χ2v) is 3.79. The molecule has 6 heteroatoms. The molecule has 1 aromatic rings. The quantitative estimate of drug-likeness (QED) is 0.708. The van der Waals surface area contributed by atoms with Crippen LogP contribution in [-0.4, -0.2) is 13.0 Å². The van der Waals surface area contributed by atoms with Gasteiger partial charge in [0, 0.05) is 5.56 Å². The van der Waals surface area contributed by atoms with E-state index in [1.165, 1.54) is 0 Å². The molecular weight excluding hydrogens is 214 g/mol. The van der Waals surface area contributed by atoms with E-state index < -0.39 is 26.6 Å². The van der Waals surface area contributed by atoms with Crippen LogP contribution in [-0.2, 0) is 10.1 Å². The van der Waals surface area contributed by atoms with Crippen molar-refractivity contribution in [3.8, 4) is 0 Å². The minimum Gasteiger partial charge on any atom is -0.744 e. The lowest BCUT2D eigenvalue weighted by atomic mass is 10.2. The van der Waals surface area contributed by atoms with Gasteiger partial charge in [0.1, 0.15) is 10.1 Å². The Labute approximate surface area is 79.4 Å².